The van der Waals surface area contributed by atoms with Crippen molar-refractivity contribution in [1.82, 2.24) is 14.5 Å². The van der Waals surface area contributed by atoms with Crippen molar-refractivity contribution in [3.63, 3.8) is 0 Å². The molecule has 3 aromatic rings. The van der Waals surface area contributed by atoms with Crippen LogP contribution in [0.1, 0.15) is 30.3 Å². The quantitative estimate of drug-likeness (QED) is 0.592. The summed E-state index contributed by atoms with van der Waals surface area (Å²) < 4.78 is 8.16. The van der Waals surface area contributed by atoms with Gasteiger partial charge in [-0.2, -0.15) is 0 Å². The maximum atomic E-state index is 11.6. The van der Waals surface area contributed by atoms with Gasteiger partial charge >= 0.3 is 0 Å². The first-order chi connectivity index (χ1) is 13.0. The number of amides is 1. The van der Waals surface area contributed by atoms with E-state index in [4.69, 9.17) is 9.72 Å². The van der Waals surface area contributed by atoms with Crippen LogP contribution in [-0.2, 0) is 17.9 Å². The second kappa shape index (κ2) is 8.25. The number of hydrogen-bond donors (Lipinski definition) is 0. The van der Waals surface area contributed by atoms with Gasteiger partial charge in [-0.1, -0.05) is 29.8 Å². The highest BCUT2D eigenvalue weighted by atomic mass is 16.5. The van der Waals surface area contributed by atoms with E-state index in [1.165, 1.54) is 5.56 Å². The van der Waals surface area contributed by atoms with E-state index in [1.54, 1.807) is 18.9 Å². The van der Waals surface area contributed by atoms with E-state index in [1.807, 2.05) is 24.3 Å². The second-order valence-corrected chi connectivity index (χ2v) is 7.01. The van der Waals surface area contributed by atoms with Crippen molar-refractivity contribution in [3.8, 4) is 5.75 Å². The van der Waals surface area contributed by atoms with Gasteiger partial charge in [-0.15, -0.1) is 0 Å². The predicted octanol–water partition coefficient (Wildman–Crippen LogP) is 4.10. The lowest BCUT2D eigenvalue weighted by Gasteiger charge is -2.16. The molecule has 0 atom stereocenters. The fourth-order valence-corrected chi connectivity index (χ4v) is 3.19. The topological polar surface area (TPSA) is 47.4 Å². The molecule has 5 nitrogen and oxygen atoms in total. The van der Waals surface area contributed by atoms with Crippen LogP contribution in [0.15, 0.2) is 42.5 Å². The molecule has 0 fully saturated rings. The third-order valence-corrected chi connectivity index (χ3v) is 4.76. The Bertz CT molecular complexity index is 946. The summed E-state index contributed by atoms with van der Waals surface area (Å²) in [6, 6.07) is 14.3. The Morgan fingerprint density at radius 1 is 1.19 bits per heavy atom. The summed E-state index contributed by atoms with van der Waals surface area (Å²) in [5.41, 5.74) is 4.45. The summed E-state index contributed by atoms with van der Waals surface area (Å²) in [5.74, 6) is 1.87. The molecular formula is C22H27N3O2. The summed E-state index contributed by atoms with van der Waals surface area (Å²) in [4.78, 5) is 18.0. The first-order valence-corrected chi connectivity index (χ1v) is 9.31. The molecule has 0 spiro atoms. The van der Waals surface area contributed by atoms with Gasteiger partial charge in [0.1, 0.15) is 11.6 Å². The van der Waals surface area contributed by atoms with Crippen molar-refractivity contribution in [2.24, 2.45) is 0 Å². The van der Waals surface area contributed by atoms with E-state index in [2.05, 4.69) is 36.6 Å². The second-order valence-electron chi connectivity index (χ2n) is 7.01. The molecule has 3 rings (SSSR count). The lowest BCUT2D eigenvalue weighted by Crippen LogP contribution is -2.25. The highest BCUT2D eigenvalue weighted by Crippen LogP contribution is 2.20. The number of nitrogens with zero attached hydrogens (tertiary/aromatic N) is 3. The van der Waals surface area contributed by atoms with Crippen LogP contribution in [0.25, 0.3) is 11.0 Å². The van der Waals surface area contributed by atoms with E-state index in [-0.39, 0.29) is 5.91 Å². The number of fused-ring (bicyclic) bond motifs is 1. The van der Waals surface area contributed by atoms with Gasteiger partial charge in [0.15, 0.2) is 0 Å². The van der Waals surface area contributed by atoms with E-state index in [9.17, 15) is 4.79 Å². The number of aryl methyl sites for hydroxylation is 3. The van der Waals surface area contributed by atoms with E-state index < -0.39 is 0 Å². The van der Waals surface area contributed by atoms with Crippen LogP contribution < -0.4 is 4.74 Å². The fraction of sp³-hybridized carbons (Fsp3) is 0.364. The Hall–Kier alpha value is -2.82. The largest absolute Gasteiger partial charge is 0.493 e. The minimum atomic E-state index is 0.0341. The smallest absolute Gasteiger partial charge is 0.219 e. The highest BCUT2D eigenvalue weighted by molar-refractivity contribution is 5.76. The zero-order valence-electron chi connectivity index (χ0n) is 16.5. The summed E-state index contributed by atoms with van der Waals surface area (Å²) in [7, 11) is 1.80. The number of carbonyl (C=O) groups is 1. The van der Waals surface area contributed by atoms with Crippen LogP contribution in [0, 0.1) is 13.8 Å². The maximum Gasteiger partial charge on any atom is 0.219 e. The number of benzene rings is 2. The molecule has 0 saturated carbocycles. The van der Waals surface area contributed by atoms with Gasteiger partial charge in [-0.3, -0.25) is 4.79 Å². The van der Waals surface area contributed by atoms with Crippen LogP contribution in [0.4, 0.5) is 0 Å². The minimum absolute atomic E-state index is 0.0341. The number of hydrogen-bond acceptors (Lipinski definition) is 3. The van der Waals surface area contributed by atoms with Crippen LogP contribution in [0.5, 0.6) is 5.75 Å². The summed E-state index contributed by atoms with van der Waals surface area (Å²) in [5, 5.41) is 0. The molecule has 1 amide bonds. The molecule has 5 heteroatoms. The van der Waals surface area contributed by atoms with E-state index in [0.717, 1.165) is 41.1 Å². The highest BCUT2D eigenvalue weighted by Gasteiger charge is 2.13. The monoisotopic (exact) mass is 365 g/mol. The minimum Gasteiger partial charge on any atom is -0.493 e. The standard InChI is InChI=1S/C22H27N3O2/c1-16-10-11-21(17(2)14-16)27-13-7-12-25-20-9-6-5-8-19(20)23-22(25)15-24(4)18(3)26/h5-6,8-11,14H,7,12-13,15H2,1-4H3. The molecule has 27 heavy (non-hydrogen) atoms. The fourth-order valence-electron chi connectivity index (χ4n) is 3.19. The zero-order valence-corrected chi connectivity index (χ0v) is 16.5. The molecule has 0 radical (unpaired) electrons. The Morgan fingerprint density at radius 2 is 1.96 bits per heavy atom. The van der Waals surface area contributed by atoms with E-state index >= 15 is 0 Å². The van der Waals surface area contributed by atoms with Crippen molar-refractivity contribution >= 4 is 16.9 Å². The molecule has 0 aliphatic rings. The lowest BCUT2D eigenvalue weighted by atomic mass is 10.1. The Labute approximate surface area is 160 Å². The van der Waals surface area contributed by atoms with Crippen molar-refractivity contribution < 1.29 is 9.53 Å². The van der Waals surface area contributed by atoms with E-state index in [0.29, 0.717) is 13.2 Å². The molecule has 1 aromatic heterocycles. The van der Waals surface area contributed by atoms with Crippen molar-refractivity contribution in [2.75, 3.05) is 13.7 Å². The summed E-state index contributed by atoms with van der Waals surface area (Å²) in [6.07, 6.45) is 0.866. The average molecular weight is 365 g/mol. The SMILES string of the molecule is CC(=O)N(C)Cc1nc2ccccc2n1CCCOc1ccc(C)cc1C. The molecule has 0 aliphatic carbocycles. The Balaban J connectivity index is 1.70. The third kappa shape index (κ3) is 4.48. The van der Waals surface area contributed by atoms with Crippen LogP contribution in [0.3, 0.4) is 0 Å². The Kier molecular flexibility index (Phi) is 5.79. The van der Waals surface area contributed by atoms with Crippen molar-refractivity contribution in [3.05, 3.63) is 59.4 Å². The molecule has 0 N–H and O–H groups in total. The van der Waals surface area contributed by atoms with Gasteiger partial charge in [-0.05, 0) is 44.0 Å². The first kappa shape index (κ1) is 19.0. The normalized spacial score (nSPS) is 11.0. The van der Waals surface area contributed by atoms with Crippen molar-refractivity contribution in [1.29, 1.82) is 0 Å². The predicted molar refractivity (Wildman–Crippen MR) is 108 cm³/mol. The molecular weight excluding hydrogens is 338 g/mol. The maximum absolute atomic E-state index is 11.6. The Morgan fingerprint density at radius 3 is 2.70 bits per heavy atom. The molecule has 1 heterocycles. The molecule has 0 saturated heterocycles. The lowest BCUT2D eigenvalue weighted by molar-refractivity contribution is -0.128. The van der Waals surface area contributed by atoms with Gasteiger partial charge in [0.25, 0.3) is 0 Å². The number of rotatable bonds is 7. The van der Waals surface area contributed by atoms with Crippen LogP contribution >= 0.6 is 0 Å². The number of ether oxygens (including phenoxy) is 1. The van der Waals surface area contributed by atoms with Gasteiger partial charge < -0.3 is 14.2 Å². The summed E-state index contributed by atoms with van der Waals surface area (Å²) >= 11 is 0. The molecule has 142 valence electrons. The van der Waals surface area contributed by atoms with Gasteiger partial charge in [-0.25, -0.2) is 4.98 Å². The third-order valence-electron chi connectivity index (χ3n) is 4.76. The molecule has 0 aliphatic heterocycles. The number of aromatic nitrogens is 2. The van der Waals surface area contributed by atoms with Crippen LogP contribution in [0.2, 0.25) is 0 Å². The van der Waals surface area contributed by atoms with Gasteiger partial charge in [0, 0.05) is 20.5 Å². The average Bonchev–Trinajstić information content (AvgIpc) is 2.97. The number of para-hydroxylation sites is 2. The summed E-state index contributed by atoms with van der Waals surface area (Å²) in [6.45, 7) is 7.67. The van der Waals surface area contributed by atoms with Gasteiger partial charge in [0.2, 0.25) is 5.91 Å². The van der Waals surface area contributed by atoms with Crippen LogP contribution in [-0.4, -0.2) is 34.0 Å². The molecule has 2 aromatic carbocycles. The molecule has 0 unspecified atom stereocenters. The zero-order chi connectivity index (χ0) is 19.4. The first-order valence-electron chi connectivity index (χ1n) is 9.31. The van der Waals surface area contributed by atoms with Crippen molar-refractivity contribution in [2.45, 2.75) is 40.3 Å². The van der Waals surface area contributed by atoms with Gasteiger partial charge in [0.05, 0.1) is 24.2 Å². The molecule has 0 bridgehead atoms. The number of imidazole rings is 1. The number of carbonyl (C=O) groups excluding carboxylic acids is 1.